The zero-order valence-electron chi connectivity index (χ0n) is 11.6. The summed E-state index contributed by atoms with van der Waals surface area (Å²) < 4.78 is 0. The van der Waals surface area contributed by atoms with Crippen LogP contribution in [-0.2, 0) is 11.4 Å². The van der Waals surface area contributed by atoms with E-state index in [1.807, 2.05) is 62.4 Å². The van der Waals surface area contributed by atoms with Crippen LogP contribution in [-0.4, -0.2) is 11.3 Å². The summed E-state index contributed by atoms with van der Waals surface area (Å²) in [6, 6.07) is 17.3. The molecule has 3 nitrogen and oxygen atoms in total. The van der Waals surface area contributed by atoms with Crippen molar-refractivity contribution < 1.29 is 9.68 Å². The van der Waals surface area contributed by atoms with Gasteiger partial charge in [0.15, 0.2) is 5.75 Å². The third kappa shape index (κ3) is 4.23. The molecule has 0 aliphatic heterocycles. The van der Waals surface area contributed by atoms with E-state index in [1.54, 1.807) is 6.07 Å². The quantitative estimate of drug-likeness (QED) is 0.733. The molecule has 20 heavy (non-hydrogen) atoms. The summed E-state index contributed by atoms with van der Waals surface area (Å²) in [4.78, 5) is 11.4. The minimum Gasteiger partial charge on any atom is -0.379 e. The third-order valence-electron chi connectivity index (χ3n) is 2.65. The minimum atomic E-state index is 0.0648. The highest BCUT2D eigenvalue weighted by atomic mass is 35.5. The highest BCUT2D eigenvalue weighted by Crippen LogP contribution is 2.25. The Morgan fingerprint density at radius 3 is 2.30 bits per heavy atom. The summed E-state index contributed by atoms with van der Waals surface area (Å²) in [7, 11) is 0. The first-order valence-corrected chi connectivity index (χ1v) is 6.93. The molecular weight excluding hydrogens is 274 g/mol. The molecule has 0 bridgehead atoms. The number of halogens is 1. The average Bonchev–Trinajstić information content (AvgIpc) is 2.46. The van der Waals surface area contributed by atoms with Gasteiger partial charge in [0.25, 0.3) is 0 Å². The third-order valence-corrected chi connectivity index (χ3v) is 2.96. The Labute approximate surface area is 124 Å². The first-order chi connectivity index (χ1) is 9.66. The maximum atomic E-state index is 6.08. The molecule has 2 rings (SSSR count). The molecule has 0 N–H and O–H groups in total. The summed E-state index contributed by atoms with van der Waals surface area (Å²) >= 11 is 6.08. The van der Waals surface area contributed by atoms with Crippen molar-refractivity contribution >= 4 is 11.6 Å². The normalized spacial score (nSPS) is 11.1. The van der Waals surface area contributed by atoms with Gasteiger partial charge in [0.2, 0.25) is 0 Å². The van der Waals surface area contributed by atoms with Crippen molar-refractivity contribution in [2.45, 2.75) is 26.5 Å². The second-order valence-corrected chi connectivity index (χ2v) is 5.07. The highest BCUT2D eigenvalue weighted by Gasteiger charge is 2.14. The molecule has 106 valence electrons. The molecule has 0 aliphatic rings. The molecule has 0 fully saturated rings. The van der Waals surface area contributed by atoms with Crippen LogP contribution in [0, 0.1) is 0 Å². The molecule has 0 amide bonds. The number of hydrogen-bond acceptors (Lipinski definition) is 3. The topological polar surface area (TPSA) is 21.7 Å². The number of hydrogen-bond donors (Lipinski definition) is 0. The first kappa shape index (κ1) is 14.9. The van der Waals surface area contributed by atoms with Gasteiger partial charge in [-0.05, 0) is 36.8 Å². The van der Waals surface area contributed by atoms with E-state index in [0.29, 0.717) is 17.4 Å². The molecule has 0 unspecified atom stereocenters. The van der Waals surface area contributed by atoms with E-state index in [-0.39, 0.29) is 6.04 Å². The first-order valence-electron chi connectivity index (χ1n) is 6.55. The van der Waals surface area contributed by atoms with Crippen molar-refractivity contribution in [3.63, 3.8) is 0 Å². The molecular formula is C16H18ClNO2. The monoisotopic (exact) mass is 291 g/mol. The van der Waals surface area contributed by atoms with Crippen molar-refractivity contribution in [1.82, 2.24) is 5.23 Å². The largest absolute Gasteiger partial charge is 0.379 e. The van der Waals surface area contributed by atoms with Gasteiger partial charge in [-0.1, -0.05) is 54.1 Å². The molecule has 2 aromatic carbocycles. The predicted molar refractivity (Wildman–Crippen MR) is 80.3 cm³/mol. The Kier molecular flexibility index (Phi) is 5.41. The van der Waals surface area contributed by atoms with E-state index in [0.717, 1.165) is 5.56 Å². The minimum absolute atomic E-state index is 0.0648. The SMILES string of the molecule is CC(C)N(OCc1ccccc1)Oc1ccccc1Cl. The standard InChI is InChI=1S/C16H18ClNO2/c1-13(2)18(19-12-14-8-4-3-5-9-14)20-16-11-7-6-10-15(16)17/h3-11,13H,12H2,1-2H3. The fourth-order valence-corrected chi connectivity index (χ4v) is 1.78. The summed E-state index contributed by atoms with van der Waals surface area (Å²) in [5.41, 5.74) is 1.08. The lowest BCUT2D eigenvalue weighted by molar-refractivity contribution is -0.341. The van der Waals surface area contributed by atoms with Crippen LogP contribution in [0.2, 0.25) is 5.02 Å². The van der Waals surface area contributed by atoms with Crippen LogP contribution in [0.5, 0.6) is 5.75 Å². The number of hydroxylamine groups is 2. The molecule has 2 aromatic rings. The van der Waals surface area contributed by atoms with Crippen molar-refractivity contribution in [3.8, 4) is 5.75 Å². The average molecular weight is 292 g/mol. The van der Waals surface area contributed by atoms with Crippen LogP contribution in [0.3, 0.4) is 0 Å². The molecule has 0 radical (unpaired) electrons. The smallest absolute Gasteiger partial charge is 0.169 e. The maximum absolute atomic E-state index is 6.08. The lowest BCUT2D eigenvalue weighted by Crippen LogP contribution is -2.34. The van der Waals surface area contributed by atoms with Crippen molar-refractivity contribution in [3.05, 3.63) is 65.2 Å². The molecule has 0 aromatic heterocycles. The summed E-state index contributed by atoms with van der Waals surface area (Å²) in [6.07, 6.45) is 0. The number of para-hydroxylation sites is 1. The lowest BCUT2D eigenvalue weighted by Gasteiger charge is -2.25. The summed E-state index contributed by atoms with van der Waals surface area (Å²) in [5.74, 6) is 0.580. The molecule has 0 saturated heterocycles. The molecule has 4 heteroatoms. The second-order valence-electron chi connectivity index (χ2n) is 4.66. The Morgan fingerprint density at radius 2 is 1.65 bits per heavy atom. The Bertz CT molecular complexity index is 531. The summed E-state index contributed by atoms with van der Waals surface area (Å²) in [5, 5.41) is 2.02. The van der Waals surface area contributed by atoms with E-state index in [1.165, 1.54) is 5.23 Å². The van der Waals surface area contributed by atoms with Gasteiger partial charge in [0, 0.05) is 0 Å². The van der Waals surface area contributed by atoms with Crippen LogP contribution in [0.15, 0.2) is 54.6 Å². The number of benzene rings is 2. The van der Waals surface area contributed by atoms with E-state index >= 15 is 0 Å². The predicted octanol–water partition coefficient (Wildman–Crippen LogP) is 4.48. The summed E-state index contributed by atoms with van der Waals surface area (Å²) in [6.45, 7) is 4.42. The number of rotatable bonds is 6. The van der Waals surface area contributed by atoms with Gasteiger partial charge in [-0.2, -0.15) is 0 Å². The molecule has 0 atom stereocenters. The van der Waals surface area contributed by atoms with Crippen LogP contribution in [0.1, 0.15) is 19.4 Å². The fourth-order valence-electron chi connectivity index (χ4n) is 1.61. The van der Waals surface area contributed by atoms with E-state index in [9.17, 15) is 0 Å². The maximum Gasteiger partial charge on any atom is 0.169 e. The van der Waals surface area contributed by atoms with Crippen LogP contribution < -0.4 is 4.84 Å². The van der Waals surface area contributed by atoms with Gasteiger partial charge in [0.05, 0.1) is 17.7 Å². The zero-order chi connectivity index (χ0) is 14.4. The van der Waals surface area contributed by atoms with Gasteiger partial charge in [0.1, 0.15) is 0 Å². The Balaban J connectivity index is 1.99. The van der Waals surface area contributed by atoms with Crippen LogP contribution in [0.25, 0.3) is 0 Å². The Hall–Kier alpha value is -1.55. The van der Waals surface area contributed by atoms with Gasteiger partial charge >= 0.3 is 0 Å². The van der Waals surface area contributed by atoms with Crippen LogP contribution >= 0.6 is 11.6 Å². The second kappa shape index (κ2) is 7.29. The highest BCUT2D eigenvalue weighted by molar-refractivity contribution is 6.32. The molecule has 0 heterocycles. The lowest BCUT2D eigenvalue weighted by atomic mass is 10.2. The fraction of sp³-hybridized carbons (Fsp3) is 0.250. The van der Waals surface area contributed by atoms with Crippen molar-refractivity contribution in [2.75, 3.05) is 0 Å². The van der Waals surface area contributed by atoms with E-state index in [2.05, 4.69) is 0 Å². The molecule has 0 spiro atoms. The van der Waals surface area contributed by atoms with Gasteiger partial charge in [-0.15, -0.1) is 0 Å². The zero-order valence-corrected chi connectivity index (χ0v) is 12.4. The van der Waals surface area contributed by atoms with Crippen molar-refractivity contribution in [1.29, 1.82) is 0 Å². The van der Waals surface area contributed by atoms with E-state index < -0.39 is 0 Å². The number of nitrogens with zero attached hydrogens (tertiary/aromatic N) is 1. The molecule has 0 saturated carbocycles. The molecule has 0 aliphatic carbocycles. The van der Waals surface area contributed by atoms with E-state index in [4.69, 9.17) is 21.3 Å². The van der Waals surface area contributed by atoms with Gasteiger partial charge in [-0.3, -0.25) is 4.84 Å². The van der Waals surface area contributed by atoms with Gasteiger partial charge < -0.3 is 4.84 Å². The Morgan fingerprint density at radius 1 is 1.00 bits per heavy atom. The van der Waals surface area contributed by atoms with Gasteiger partial charge in [-0.25, -0.2) is 0 Å². The van der Waals surface area contributed by atoms with Crippen LogP contribution in [0.4, 0.5) is 0 Å². The van der Waals surface area contributed by atoms with Crippen molar-refractivity contribution in [2.24, 2.45) is 0 Å².